The molecule has 0 fully saturated rings. The molecule has 0 radical (unpaired) electrons. The first-order chi connectivity index (χ1) is 19.9. The Kier molecular flexibility index (Phi) is 8.78. The van der Waals surface area contributed by atoms with Gasteiger partial charge >= 0.3 is 0 Å². The lowest BCUT2D eigenvalue weighted by molar-refractivity contribution is 0.439. The second kappa shape index (κ2) is 12.6. The van der Waals surface area contributed by atoms with Gasteiger partial charge in [-0.1, -0.05) is 99.7 Å². The molecule has 1 atom stereocenters. The second-order valence-corrected chi connectivity index (χ2v) is 11.7. The minimum Gasteiger partial charge on any atom is -0.339 e. The van der Waals surface area contributed by atoms with Crippen molar-refractivity contribution in [1.29, 1.82) is 0 Å². The van der Waals surface area contributed by atoms with E-state index in [2.05, 4.69) is 172 Å². The largest absolute Gasteiger partial charge is 0.339 e. The Labute approximate surface area is 247 Å². The highest BCUT2D eigenvalue weighted by Gasteiger charge is 2.24. The van der Waals surface area contributed by atoms with E-state index in [1.807, 2.05) is 0 Å². The Morgan fingerprint density at radius 3 is 1.71 bits per heavy atom. The van der Waals surface area contributed by atoms with Gasteiger partial charge in [0.05, 0.1) is 6.04 Å². The van der Waals surface area contributed by atoms with Crippen molar-refractivity contribution in [3.05, 3.63) is 139 Å². The lowest BCUT2D eigenvalue weighted by Crippen LogP contribution is -2.30. The van der Waals surface area contributed by atoms with Gasteiger partial charge in [-0.05, 0) is 104 Å². The maximum absolute atomic E-state index is 2.48. The van der Waals surface area contributed by atoms with Crippen LogP contribution in [0.4, 0.5) is 22.7 Å². The SMILES string of the molecule is CCC(C)(CC)c1ccc(N(c2ccccc2)C2C=CC(c3ccc(N(c4ccccc4)C(C)C)cc3)=CC2)cc1. The predicted octanol–water partition coefficient (Wildman–Crippen LogP) is 10.9. The van der Waals surface area contributed by atoms with E-state index in [1.54, 1.807) is 0 Å². The molecule has 0 N–H and O–H groups in total. The molecule has 0 aliphatic heterocycles. The molecular weight excluding hydrogens is 496 g/mol. The van der Waals surface area contributed by atoms with Gasteiger partial charge in [0.2, 0.25) is 0 Å². The van der Waals surface area contributed by atoms with Gasteiger partial charge in [0.25, 0.3) is 0 Å². The Hall–Kier alpha value is -4.04. The van der Waals surface area contributed by atoms with Gasteiger partial charge in [-0.3, -0.25) is 0 Å². The summed E-state index contributed by atoms with van der Waals surface area (Å²) in [6.07, 6.45) is 10.3. The summed E-state index contributed by atoms with van der Waals surface area (Å²) in [6, 6.07) is 40.4. The molecule has 4 aromatic carbocycles. The van der Waals surface area contributed by atoms with Gasteiger partial charge in [-0.2, -0.15) is 0 Å². The van der Waals surface area contributed by atoms with Gasteiger partial charge in [0.15, 0.2) is 0 Å². The molecule has 0 aromatic heterocycles. The van der Waals surface area contributed by atoms with E-state index in [0.29, 0.717) is 6.04 Å². The fraction of sp³-hybridized carbons (Fsp3) is 0.282. The first-order valence-corrected chi connectivity index (χ1v) is 15.2. The predicted molar refractivity (Wildman–Crippen MR) is 179 cm³/mol. The first-order valence-electron chi connectivity index (χ1n) is 15.2. The first kappa shape index (κ1) is 28.5. The van der Waals surface area contributed by atoms with Crippen LogP contribution in [0.2, 0.25) is 0 Å². The number of allylic oxidation sites excluding steroid dienone is 2. The maximum atomic E-state index is 2.48. The summed E-state index contributed by atoms with van der Waals surface area (Å²) >= 11 is 0. The van der Waals surface area contributed by atoms with Gasteiger partial charge in [0.1, 0.15) is 0 Å². The van der Waals surface area contributed by atoms with Crippen LogP contribution in [-0.2, 0) is 5.41 Å². The van der Waals surface area contributed by atoms with Crippen LogP contribution in [0.15, 0.2) is 127 Å². The zero-order valence-corrected chi connectivity index (χ0v) is 25.3. The molecule has 1 aliphatic rings. The third kappa shape index (κ3) is 6.17. The van der Waals surface area contributed by atoms with E-state index < -0.39 is 0 Å². The van der Waals surface area contributed by atoms with Gasteiger partial charge in [0, 0.05) is 28.8 Å². The Morgan fingerprint density at radius 1 is 0.683 bits per heavy atom. The number of hydrogen-bond acceptors (Lipinski definition) is 2. The lowest BCUT2D eigenvalue weighted by atomic mass is 9.78. The molecule has 5 rings (SSSR count). The van der Waals surface area contributed by atoms with E-state index in [-0.39, 0.29) is 11.5 Å². The summed E-state index contributed by atoms with van der Waals surface area (Å²) in [6.45, 7) is 11.4. The van der Waals surface area contributed by atoms with E-state index >= 15 is 0 Å². The average molecular weight is 541 g/mol. The van der Waals surface area contributed by atoms with Crippen molar-refractivity contribution in [3.8, 4) is 0 Å². The number of hydrogen-bond donors (Lipinski definition) is 0. The van der Waals surface area contributed by atoms with Crippen molar-refractivity contribution >= 4 is 28.3 Å². The fourth-order valence-corrected chi connectivity index (χ4v) is 5.97. The highest BCUT2D eigenvalue weighted by atomic mass is 15.2. The van der Waals surface area contributed by atoms with Crippen LogP contribution in [0.3, 0.4) is 0 Å². The number of nitrogens with zero attached hydrogens (tertiary/aromatic N) is 2. The van der Waals surface area contributed by atoms with Crippen LogP contribution in [0.1, 0.15) is 65.0 Å². The monoisotopic (exact) mass is 540 g/mol. The van der Waals surface area contributed by atoms with Crippen molar-refractivity contribution in [2.75, 3.05) is 9.80 Å². The highest BCUT2D eigenvalue weighted by Crippen LogP contribution is 2.37. The molecule has 0 spiro atoms. The molecule has 0 amide bonds. The molecule has 0 bridgehead atoms. The van der Waals surface area contributed by atoms with Crippen molar-refractivity contribution in [2.45, 2.75) is 71.4 Å². The molecule has 1 unspecified atom stereocenters. The minimum absolute atomic E-state index is 0.224. The lowest BCUT2D eigenvalue weighted by Gasteiger charge is -2.34. The molecule has 2 nitrogen and oxygen atoms in total. The highest BCUT2D eigenvalue weighted by molar-refractivity contribution is 5.78. The third-order valence-electron chi connectivity index (χ3n) is 8.88. The van der Waals surface area contributed by atoms with Gasteiger partial charge in [-0.25, -0.2) is 0 Å². The Balaban J connectivity index is 1.37. The van der Waals surface area contributed by atoms with Crippen LogP contribution >= 0.6 is 0 Å². The number of rotatable bonds is 10. The van der Waals surface area contributed by atoms with Crippen molar-refractivity contribution < 1.29 is 0 Å². The summed E-state index contributed by atoms with van der Waals surface area (Å²) in [5.41, 5.74) is 9.09. The average Bonchev–Trinajstić information content (AvgIpc) is 3.03. The van der Waals surface area contributed by atoms with Crippen molar-refractivity contribution in [1.82, 2.24) is 0 Å². The normalized spacial score (nSPS) is 15.1. The topological polar surface area (TPSA) is 6.48 Å². The molecule has 4 aromatic rings. The van der Waals surface area contributed by atoms with Crippen LogP contribution in [-0.4, -0.2) is 12.1 Å². The Morgan fingerprint density at radius 2 is 1.20 bits per heavy atom. The zero-order chi connectivity index (χ0) is 28.8. The zero-order valence-electron chi connectivity index (χ0n) is 25.3. The van der Waals surface area contributed by atoms with E-state index in [4.69, 9.17) is 0 Å². The third-order valence-corrected chi connectivity index (χ3v) is 8.88. The van der Waals surface area contributed by atoms with E-state index in [9.17, 15) is 0 Å². The fourth-order valence-electron chi connectivity index (χ4n) is 5.97. The van der Waals surface area contributed by atoms with Crippen molar-refractivity contribution in [3.63, 3.8) is 0 Å². The number of benzene rings is 4. The molecule has 0 saturated heterocycles. The standard InChI is InChI=1S/C39H44N2/c1-6-39(5,7-2)33-22-28-38(29-23-33)41(35-16-12-9-13-17-35)37-26-20-32(21-27-37)31-18-24-36(25-19-31)40(30(3)4)34-14-10-8-11-15-34/h8-26,28-30,37H,6-7,27H2,1-5H3. The van der Waals surface area contributed by atoms with Crippen LogP contribution in [0, 0.1) is 0 Å². The molecule has 0 saturated carbocycles. The van der Waals surface area contributed by atoms with Crippen LogP contribution in [0.5, 0.6) is 0 Å². The second-order valence-electron chi connectivity index (χ2n) is 11.7. The molecular formula is C39H44N2. The Bertz CT molecular complexity index is 1440. The number of anilines is 4. The molecule has 41 heavy (non-hydrogen) atoms. The molecule has 0 heterocycles. The van der Waals surface area contributed by atoms with Gasteiger partial charge < -0.3 is 9.80 Å². The van der Waals surface area contributed by atoms with E-state index in [1.165, 1.54) is 39.4 Å². The summed E-state index contributed by atoms with van der Waals surface area (Å²) in [4.78, 5) is 4.86. The number of para-hydroxylation sites is 2. The summed E-state index contributed by atoms with van der Waals surface area (Å²) < 4.78 is 0. The summed E-state index contributed by atoms with van der Waals surface area (Å²) in [5, 5.41) is 0. The quantitative estimate of drug-likeness (QED) is 0.197. The van der Waals surface area contributed by atoms with Crippen LogP contribution < -0.4 is 9.80 Å². The summed E-state index contributed by atoms with van der Waals surface area (Å²) in [5.74, 6) is 0. The summed E-state index contributed by atoms with van der Waals surface area (Å²) in [7, 11) is 0. The van der Waals surface area contributed by atoms with Crippen LogP contribution in [0.25, 0.3) is 5.57 Å². The smallest absolute Gasteiger partial charge is 0.0560 e. The van der Waals surface area contributed by atoms with Gasteiger partial charge in [-0.15, -0.1) is 0 Å². The van der Waals surface area contributed by atoms with E-state index in [0.717, 1.165) is 19.3 Å². The van der Waals surface area contributed by atoms with Crippen molar-refractivity contribution in [2.24, 2.45) is 0 Å². The molecule has 1 aliphatic carbocycles. The maximum Gasteiger partial charge on any atom is 0.0560 e. The minimum atomic E-state index is 0.224. The molecule has 210 valence electrons. The molecule has 2 heteroatoms.